The molecular weight excluding hydrogens is 424 g/mol. The van der Waals surface area contributed by atoms with Crippen LogP contribution in [0.4, 0.5) is 10.5 Å². The molecule has 33 heavy (non-hydrogen) atoms. The van der Waals surface area contributed by atoms with E-state index in [0.717, 1.165) is 5.56 Å². The van der Waals surface area contributed by atoms with Crippen molar-refractivity contribution in [1.82, 2.24) is 14.3 Å². The Morgan fingerprint density at radius 1 is 1.09 bits per heavy atom. The van der Waals surface area contributed by atoms with E-state index in [1.165, 1.54) is 9.58 Å². The third-order valence-corrected chi connectivity index (χ3v) is 5.82. The molecule has 1 aliphatic heterocycles. The lowest BCUT2D eigenvalue weighted by atomic mass is 10.2. The third-order valence-electron chi connectivity index (χ3n) is 5.82. The second-order valence-corrected chi connectivity index (χ2v) is 8.02. The number of aliphatic hydroxyl groups is 1. The van der Waals surface area contributed by atoms with Gasteiger partial charge in [0, 0.05) is 13.5 Å². The average Bonchev–Trinajstić information content (AvgIpc) is 3.32. The van der Waals surface area contributed by atoms with E-state index in [1.807, 2.05) is 48.5 Å². The van der Waals surface area contributed by atoms with Crippen LogP contribution in [0.5, 0.6) is 0 Å². The number of aromatic nitrogens is 2. The molecule has 1 aliphatic rings. The fraction of sp³-hybridized carbons (Fsp3) is 0.292. The van der Waals surface area contributed by atoms with E-state index in [4.69, 9.17) is 4.74 Å². The van der Waals surface area contributed by atoms with Gasteiger partial charge in [-0.2, -0.15) is 0 Å². The third kappa shape index (κ3) is 4.54. The van der Waals surface area contributed by atoms with E-state index < -0.39 is 24.1 Å². The van der Waals surface area contributed by atoms with Crippen LogP contribution in [0.2, 0.25) is 0 Å². The molecule has 2 N–H and O–H groups in total. The summed E-state index contributed by atoms with van der Waals surface area (Å²) in [6, 6.07) is 17.3. The molecule has 172 valence electrons. The highest BCUT2D eigenvalue weighted by atomic mass is 16.6. The average molecular weight is 450 g/mol. The van der Waals surface area contributed by atoms with Crippen LogP contribution in [0.15, 0.2) is 65.5 Å². The number of hydrogen-bond acceptors (Lipinski definition) is 5. The summed E-state index contributed by atoms with van der Waals surface area (Å²) in [5.74, 6) is -0.547. The van der Waals surface area contributed by atoms with Crippen LogP contribution in [-0.4, -0.2) is 50.1 Å². The van der Waals surface area contributed by atoms with Crippen molar-refractivity contribution in [3.63, 3.8) is 0 Å². The quantitative estimate of drug-likeness (QED) is 0.620. The highest BCUT2D eigenvalue weighted by molar-refractivity contribution is 5.97. The minimum absolute atomic E-state index is 0.0201. The predicted molar refractivity (Wildman–Crippen MR) is 122 cm³/mol. The van der Waals surface area contributed by atoms with Gasteiger partial charge in [-0.15, -0.1) is 0 Å². The monoisotopic (exact) mass is 450 g/mol. The van der Waals surface area contributed by atoms with Crippen LogP contribution >= 0.6 is 0 Å². The topological polar surface area (TPSA) is 106 Å². The first-order chi connectivity index (χ1) is 15.9. The molecular formula is C24H26N4O5. The number of likely N-dealkylation sites (tertiary alicyclic amines) is 1. The highest BCUT2D eigenvalue weighted by Crippen LogP contribution is 2.22. The van der Waals surface area contributed by atoms with Gasteiger partial charge in [0.2, 0.25) is 5.91 Å². The van der Waals surface area contributed by atoms with Gasteiger partial charge < -0.3 is 15.2 Å². The largest absolute Gasteiger partial charge is 0.445 e. The smallest absolute Gasteiger partial charge is 0.410 e. The first kappa shape index (κ1) is 22.3. The number of carbonyl (C=O) groups excluding carboxylic acids is 2. The molecule has 9 heteroatoms. The zero-order chi connectivity index (χ0) is 23.5. The van der Waals surface area contributed by atoms with Crippen LogP contribution in [0, 0.1) is 6.92 Å². The predicted octanol–water partition coefficient (Wildman–Crippen LogP) is 2.19. The second-order valence-electron chi connectivity index (χ2n) is 8.02. The Balaban J connectivity index is 1.51. The van der Waals surface area contributed by atoms with Crippen molar-refractivity contribution in [1.29, 1.82) is 0 Å². The molecule has 0 bridgehead atoms. The summed E-state index contributed by atoms with van der Waals surface area (Å²) in [5, 5.41) is 12.8. The van der Waals surface area contributed by atoms with E-state index in [-0.39, 0.29) is 30.8 Å². The van der Waals surface area contributed by atoms with E-state index in [2.05, 4.69) is 5.32 Å². The number of anilines is 1. The molecule has 0 unspecified atom stereocenters. The number of hydrogen-bond donors (Lipinski definition) is 2. The summed E-state index contributed by atoms with van der Waals surface area (Å²) in [4.78, 5) is 40.0. The Morgan fingerprint density at radius 2 is 1.73 bits per heavy atom. The van der Waals surface area contributed by atoms with Crippen molar-refractivity contribution in [2.45, 2.75) is 32.1 Å². The lowest BCUT2D eigenvalue weighted by Crippen LogP contribution is -2.44. The number of para-hydroxylation sites is 1. The summed E-state index contributed by atoms with van der Waals surface area (Å²) in [6.07, 6.45) is -1.49. The van der Waals surface area contributed by atoms with Crippen molar-refractivity contribution in [2.24, 2.45) is 7.05 Å². The van der Waals surface area contributed by atoms with E-state index >= 15 is 0 Å². The van der Waals surface area contributed by atoms with Crippen molar-refractivity contribution in [3.05, 3.63) is 82.3 Å². The van der Waals surface area contributed by atoms with Crippen LogP contribution < -0.4 is 10.9 Å². The Labute approximate surface area is 190 Å². The van der Waals surface area contributed by atoms with Crippen molar-refractivity contribution >= 4 is 17.7 Å². The van der Waals surface area contributed by atoms with E-state index in [9.17, 15) is 19.5 Å². The molecule has 2 heterocycles. The minimum atomic E-state index is -0.951. The van der Waals surface area contributed by atoms with Crippen LogP contribution in [-0.2, 0) is 23.2 Å². The van der Waals surface area contributed by atoms with Crippen molar-refractivity contribution < 1.29 is 19.4 Å². The lowest BCUT2D eigenvalue weighted by molar-refractivity contribution is -0.120. The molecule has 0 aliphatic carbocycles. The highest BCUT2D eigenvalue weighted by Gasteiger charge is 2.40. The van der Waals surface area contributed by atoms with Gasteiger partial charge in [0.15, 0.2) is 0 Å². The minimum Gasteiger partial charge on any atom is -0.445 e. The summed E-state index contributed by atoms with van der Waals surface area (Å²) in [7, 11) is 1.73. The lowest BCUT2D eigenvalue weighted by Gasteiger charge is -2.22. The number of amides is 2. The van der Waals surface area contributed by atoms with Crippen LogP contribution in [0.25, 0.3) is 5.69 Å². The molecule has 3 aromatic rings. The number of rotatable bonds is 5. The molecule has 2 atom stereocenters. The number of nitrogens with zero attached hydrogens (tertiary/aromatic N) is 3. The van der Waals surface area contributed by atoms with Gasteiger partial charge in [0.05, 0.1) is 24.0 Å². The summed E-state index contributed by atoms with van der Waals surface area (Å²) < 4.78 is 8.46. The maximum absolute atomic E-state index is 13.1. The van der Waals surface area contributed by atoms with Gasteiger partial charge in [-0.1, -0.05) is 48.5 Å². The van der Waals surface area contributed by atoms with Gasteiger partial charge in [-0.05, 0) is 24.6 Å². The van der Waals surface area contributed by atoms with Crippen molar-refractivity contribution in [3.8, 4) is 5.69 Å². The summed E-state index contributed by atoms with van der Waals surface area (Å²) >= 11 is 0. The Morgan fingerprint density at radius 3 is 2.39 bits per heavy atom. The number of ether oxygens (including phenoxy) is 1. The number of β-amino-alcohol motifs (C(OH)–C–C–N with tert-alkyl or cyclic N) is 1. The summed E-state index contributed by atoms with van der Waals surface area (Å²) in [6.45, 7) is 1.76. The van der Waals surface area contributed by atoms with Gasteiger partial charge in [-0.25, -0.2) is 9.48 Å². The Bertz CT molecular complexity index is 1200. The zero-order valence-corrected chi connectivity index (χ0v) is 18.5. The molecule has 0 spiro atoms. The fourth-order valence-corrected chi connectivity index (χ4v) is 3.99. The van der Waals surface area contributed by atoms with Gasteiger partial charge >= 0.3 is 6.09 Å². The Kier molecular flexibility index (Phi) is 6.32. The second kappa shape index (κ2) is 9.33. The Hall–Kier alpha value is -3.85. The molecule has 1 fully saturated rings. The maximum Gasteiger partial charge on any atom is 0.410 e. The molecule has 0 saturated carbocycles. The van der Waals surface area contributed by atoms with Gasteiger partial charge in [-0.3, -0.25) is 19.2 Å². The SMILES string of the molecule is Cc1c(NC(=O)[C@@H]2C[C@@H](O)CN2C(=O)OCc2ccccc2)c(=O)n(-c2ccccc2)n1C. The fourth-order valence-electron chi connectivity index (χ4n) is 3.99. The summed E-state index contributed by atoms with van der Waals surface area (Å²) in [5.41, 5.74) is 1.79. The van der Waals surface area contributed by atoms with Gasteiger partial charge in [0.25, 0.3) is 5.56 Å². The van der Waals surface area contributed by atoms with Crippen LogP contribution in [0.3, 0.4) is 0 Å². The number of nitrogens with one attached hydrogen (secondary N) is 1. The molecule has 4 rings (SSSR count). The van der Waals surface area contributed by atoms with Crippen LogP contribution in [0.1, 0.15) is 17.7 Å². The molecule has 2 aromatic carbocycles. The van der Waals surface area contributed by atoms with Crippen molar-refractivity contribution in [2.75, 3.05) is 11.9 Å². The first-order valence-corrected chi connectivity index (χ1v) is 10.7. The number of aliphatic hydroxyl groups excluding tert-OH is 1. The first-order valence-electron chi connectivity index (χ1n) is 10.7. The zero-order valence-electron chi connectivity index (χ0n) is 18.5. The molecule has 2 amide bonds. The normalized spacial score (nSPS) is 17.7. The number of carbonyl (C=O) groups is 2. The van der Waals surface area contributed by atoms with Gasteiger partial charge in [0.1, 0.15) is 18.3 Å². The standard InChI is InChI=1S/C24H26N4O5/c1-16-21(23(31)28(26(16)2)18-11-7-4-8-12-18)25-22(30)20-13-19(29)14-27(20)24(32)33-15-17-9-5-3-6-10-17/h3-12,19-20,29H,13-15H2,1-2H3,(H,25,30)/t19-,20+/m1/s1. The van der Waals surface area contributed by atoms with E-state index in [0.29, 0.717) is 11.4 Å². The molecule has 0 radical (unpaired) electrons. The molecule has 9 nitrogen and oxygen atoms in total. The maximum atomic E-state index is 13.1. The number of benzene rings is 2. The molecule has 1 saturated heterocycles. The molecule has 1 aromatic heterocycles. The van der Waals surface area contributed by atoms with E-state index in [1.54, 1.807) is 30.8 Å².